The van der Waals surface area contributed by atoms with Crippen LogP contribution in [0.15, 0.2) is 22.8 Å². The number of carbonyl (C=O) groups excluding carboxylic acids is 2. The topological polar surface area (TPSA) is 71.3 Å². The predicted octanol–water partition coefficient (Wildman–Crippen LogP) is 1.41. The minimum Gasteiger partial charge on any atom is -0.459 e. The molecule has 0 bridgehead atoms. The van der Waals surface area contributed by atoms with Gasteiger partial charge in [0.25, 0.3) is 5.91 Å². The van der Waals surface area contributed by atoms with Crippen molar-refractivity contribution < 1.29 is 14.0 Å². The molecule has 19 heavy (non-hydrogen) atoms. The summed E-state index contributed by atoms with van der Waals surface area (Å²) >= 11 is 1.65. The number of amides is 2. The van der Waals surface area contributed by atoms with Crippen LogP contribution in [0.4, 0.5) is 0 Å². The van der Waals surface area contributed by atoms with Crippen molar-refractivity contribution in [3.05, 3.63) is 24.2 Å². The Kier molecular flexibility index (Phi) is 4.90. The Morgan fingerprint density at radius 2 is 2.32 bits per heavy atom. The molecular formula is C13H18N2O3S. The molecule has 2 N–H and O–H groups in total. The Morgan fingerprint density at radius 1 is 1.53 bits per heavy atom. The van der Waals surface area contributed by atoms with E-state index in [4.69, 9.17) is 4.42 Å². The van der Waals surface area contributed by atoms with Crippen molar-refractivity contribution in [2.45, 2.75) is 31.3 Å². The molecule has 0 saturated heterocycles. The zero-order chi connectivity index (χ0) is 13.7. The number of thioether (sulfide) groups is 1. The third-order valence-electron chi connectivity index (χ3n) is 2.90. The zero-order valence-electron chi connectivity index (χ0n) is 10.8. The molecule has 2 amide bonds. The predicted molar refractivity (Wildman–Crippen MR) is 74.1 cm³/mol. The van der Waals surface area contributed by atoms with Crippen molar-refractivity contribution in [1.82, 2.24) is 10.6 Å². The van der Waals surface area contributed by atoms with E-state index in [-0.39, 0.29) is 17.6 Å². The number of furan rings is 1. The average molecular weight is 282 g/mol. The Balaban J connectivity index is 1.91. The second-order valence-corrected chi connectivity index (χ2v) is 5.55. The monoisotopic (exact) mass is 282 g/mol. The summed E-state index contributed by atoms with van der Waals surface area (Å²) in [6.45, 7) is 0. The van der Waals surface area contributed by atoms with Gasteiger partial charge >= 0.3 is 0 Å². The molecule has 0 aromatic carbocycles. The van der Waals surface area contributed by atoms with E-state index in [0.717, 1.165) is 18.6 Å². The molecule has 1 aromatic heterocycles. The SMILES string of the molecule is CSCC[C@H](NC(=O)c1ccco1)C(=O)NC1CC1. The summed E-state index contributed by atoms with van der Waals surface area (Å²) in [6, 6.07) is 3.03. The van der Waals surface area contributed by atoms with E-state index in [1.165, 1.54) is 6.26 Å². The van der Waals surface area contributed by atoms with Crippen molar-refractivity contribution >= 4 is 23.6 Å². The van der Waals surface area contributed by atoms with Crippen LogP contribution < -0.4 is 10.6 Å². The number of rotatable bonds is 7. The van der Waals surface area contributed by atoms with Crippen molar-refractivity contribution in [2.24, 2.45) is 0 Å². The van der Waals surface area contributed by atoms with Crippen molar-refractivity contribution in [3.63, 3.8) is 0 Å². The molecule has 6 heteroatoms. The highest BCUT2D eigenvalue weighted by atomic mass is 32.2. The van der Waals surface area contributed by atoms with Gasteiger partial charge < -0.3 is 15.1 Å². The lowest BCUT2D eigenvalue weighted by molar-refractivity contribution is -0.123. The first-order valence-corrected chi connectivity index (χ1v) is 7.73. The first-order chi connectivity index (χ1) is 9.20. The van der Waals surface area contributed by atoms with Gasteiger partial charge in [-0.15, -0.1) is 0 Å². The van der Waals surface area contributed by atoms with Crippen LogP contribution in [0.25, 0.3) is 0 Å². The van der Waals surface area contributed by atoms with Crippen molar-refractivity contribution in [3.8, 4) is 0 Å². The molecule has 0 radical (unpaired) electrons. The van der Waals surface area contributed by atoms with Gasteiger partial charge in [0.15, 0.2) is 5.76 Å². The van der Waals surface area contributed by atoms with Crippen LogP contribution in [0.1, 0.15) is 29.8 Å². The van der Waals surface area contributed by atoms with Gasteiger partial charge in [0.2, 0.25) is 5.91 Å². The molecule has 0 spiro atoms. The van der Waals surface area contributed by atoms with Crippen molar-refractivity contribution in [1.29, 1.82) is 0 Å². The third-order valence-corrected chi connectivity index (χ3v) is 3.55. The van der Waals surface area contributed by atoms with Gasteiger partial charge in [-0.05, 0) is 43.4 Å². The molecule has 0 aliphatic heterocycles. The normalized spacial score (nSPS) is 15.8. The quantitative estimate of drug-likeness (QED) is 0.793. The first kappa shape index (κ1) is 14.0. The lowest BCUT2D eigenvalue weighted by Gasteiger charge is -2.17. The van der Waals surface area contributed by atoms with E-state index in [0.29, 0.717) is 12.5 Å². The maximum Gasteiger partial charge on any atom is 0.287 e. The van der Waals surface area contributed by atoms with Crippen LogP contribution in [0.2, 0.25) is 0 Å². The lowest BCUT2D eigenvalue weighted by Crippen LogP contribution is -2.47. The van der Waals surface area contributed by atoms with Crippen LogP contribution in [0.3, 0.4) is 0 Å². The molecular weight excluding hydrogens is 264 g/mol. The molecule has 1 atom stereocenters. The maximum atomic E-state index is 12.0. The van der Waals surface area contributed by atoms with Crippen LogP contribution in [-0.2, 0) is 4.79 Å². The summed E-state index contributed by atoms with van der Waals surface area (Å²) in [5.41, 5.74) is 0. The number of hydrogen-bond donors (Lipinski definition) is 2. The Morgan fingerprint density at radius 3 is 2.89 bits per heavy atom. The fraction of sp³-hybridized carbons (Fsp3) is 0.538. The van der Waals surface area contributed by atoms with E-state index in [1.54, 1.807) is 23.9 Å². The van der Waals surface area contributed by atoms with Crippen LogP contribution in [-0.4, -0.2) is 35.9 Å². The molecule has 0 unspecified atom stereocenters. The van der Waals surface area contributed by atoms with Gasteiger partial charge in [-0.2, -0.15) is 11.8 Å². The maximum absolute atomic E-state index is 12.0. The van der Waals surface area contributed by atoms with E-state index in [9.17, 15) is 9.59 Å². The molecule has 1 heterocycles. The standard InChI is InChI=1S/C13H18N2O3S/c1-19-8-6-10(12(16)14-9-4-5-9)15-13(17)11-3-2-7-18-11/h2-3,7,9-10H,4-6,8H2,1H3,(H,14,16)(H,15,17)/t10-/m0/s1. The number of nitrogens with one attached hydrogen (secondary N) is 2. The van der Waals surface area contributed by atoms with Gasteiger partial charge in [-0.1, -0.05) is 0 Å². The summed E-state index contributed by atoms with van der Waals surface area (Å²) < 4.78 is 5.02. The molecule has 1 aliphatic carbocycles. The average Bonchev–Trinajstić information content (AvgIpc) is 3.04. The van der Waals surface area contributed by atoms with E-state index >= 15 is 0 Å². The molecule has 2 rings (SSSR count). The summed E-state index contributed by atoms with van der Waals surface area (Å²) in [4.78, 5) is 23.9. The zero-order valence-corrected chi connectivity index (χ0v) is 11.7. The Labute approximate surface area is 116 Å². The molecule has 5 nitrogen and oxygen atoms in total. The van der Waals surface area contributed by atoms with Gasteiger partial charge in [-0.3, -0.25) is 9.59 Å². The summed E-state index contributed by atoms with van der Waals surface area (Å²) in [5, 5.41) is 5.65. The smallest absolute Gasteiger partial charge is 0.287 e. The molecule has 104 valence electrons. The second-order valence-electron chi connectivity index (χ2n) is 4.57. The van der Waals surface area contributed by atoms with Crippen LogP contribution in [0.5, 0.6) is 0 Å². The molecule has 1 fully saturated rings. The second kappa shape index (κ2) is 6.65. The molecule has 1 saturated carbocycles. The third kappa shape index (κ3) is 4.31. The highest BCUT2D eigenvalue weighted by Crippen LogP contribution is 2.19. The van der Waals surface area contributed by atoms with Gasteiger partial charge in [-0.25, -0.2) is 0 Å². The largest absolute Gasteiger partial charge is 0.459 e. The number of hydrogen-bond acceptors (Lipinski definition) is 4. The fourth-order valence-electron chi connectivity index (χ4n) is 1.67. The highest BCUT2D eigenvalue weighted by molar-refractivity contribution is 7.98. The first-order valence-electron chi connectivity index (χ1n) is 6.34. The Hall–Kier alpha value is -1.43. The van der Waals surface area contributed by atoms with Gasteiger partial charge in [0, 0.05) is 6.04 Å². The van der Waals surface area contributed by atoms with E-state index < -0.39 is 6.04 Å². The minimum absolute atomic E-state index is 0.101. The van der Waals surface area contributed by atoms with Crippen LogP contribution in [0, 0.1) is 0 Å². The van der Waals surface area contributed by atoms with E-state index in [1.807, 2.05) is 6.26 Å². The highest BCUT2D eigenvalue weighted by Gasteiger charge is 2.28. The van der Waals surface area contributed by atoms with Gasteiger partial charge in [0.05, 0.1) is 6.26 Å². The summed E-state index contributed by atoms with van der Waals surface area (Å²) in [5.74, 6) is 0.605. The van der Waals surface area contributed by atoms with E-state index in [2.05, 4.69) is 10.6 Å². The fourth-order valence-corrected chi connectivity index (χ4v) is 2.14. The summed E-state index contributed by atoms with van der Waals surface area (Å²) in [6.07, 6.45) is 6.10. The minimum atomic E-state index is -0.495. The Bertz CT molecular complexity index is 429. The molecule has 1 aromatic rings. The van der Waals surface area contributed by atoms with Gasteiger partial charge in [0.1, 0.15) is 6.04 Å². The van der Waals surface area contributed by atoms with Crippen molar-refractivity contribution in [2.75, 3.05) is 12.0 Å². The lowest BCUT2D eigenvalue weighted by atomic mass is 10.2. The number of carbonyl (C=O) groups is 2. The van der Waals surface area contributed by atoms with Crippen LogP contribution >= 0.6 is 11.8 Å². The molecule has 1 aliphatic rings. The summed E-state index contributed by atoms with van der Waals surface area (Å²) in [7, 11) is 0.